The van der Waals surface area contributed by atoms with E-state index in [1.165, 1.54) is 0 Å². The number of rotatable bonds is 6. The molecule has 0 saturated carbocycles. The molecule has 2 amide bonds. The minimum absolute atomic E-state index is 0.122. The molecule has 0 aromatic heterocycles. The van der Waals surface area contributed by atoms with Gasteiger partial charge in [0.2, 0.25) is 12.3 Å². The summed E-state index contributed by atoms with van der Waals surface area (Å²) < 4.78 is 0. The summed E-state index contributed by atoms with van der Waals surface area (Å²) in [5.41, 5.74) is 0. The van der Waals surface area contributed by atoms with Gasteiger partial charge in [-0.3, -0.25) is 14.5 Å². The van der Waals surface area contributed by atoms with Crippen LogP contribution >= 0.6 is 0 Å². The van der Waals surface area contributed by atoms with E-state index in [0.717, 1.165) is 45.7 Å². The van der Waals surface area contributed by atoms with Crippen LogP contribution in [0.4, 0.5) is 0 Å². The van der Waals surface area contributed by atoms with Gasteiger partial charge in [0, 0.05) is 45.7 Å². The van der Waals surface area contributed by atoms with Crippen LogP contribution in [0.5, 0.6) is 0 Å². The minimum atomic E-state index is 0.122. The number of piperazine rings is 1. The van der Waals surface area contributed by atoms with Crippen LogP contribution in [0.2, 0.25) is 0 Å². The quantitative estimate of drug-likeness (QED) is 0.662. The van der Waals surface area contributed by atoms with Crippen LogP contribution in [0.15, 0.2) is 0 Å². The van der Waals surface area contributed by atoms with E-state index in [4.69, 9.17) is 0 Å². The van der Waals surface area contributed by atoms with Crippen molar-refractivity contribution in [3.8, 4) is 0 Å². The van der Waals surface area contributed by atoms with Gasteiger partial charge >= 0.3 is 0 Å². The van der Waals surface area contributed by atoms with Crippen molar-refractivity contribution in [3.63, 3.8) is 0 Å². The van der Waals surface area contributed by atoms with E-state index in [0.29, 0.717) is 12.3 Å². The Kier molecular flexibility index (Phi) is 5.97. The highest BCUT2D eigenvalue weighted by atomic mass is 16.1. The van der Waals surface area contributed by atoms with E-state index >= 15 is 0 Å². The van der Waals surface area contributed by atoms with Crippen molar-refractivity contribution in [3.05, 3.63) is 0 Å². The normalized spacial score (nSPS) is 17.2. The molecule has 1 rings (SSSR count). The predicted molar refractivity (Wildman–Crippen MR) is 66.5 cm³/mol. The summed E-state index contributed by atoms with van der Waals surface area (Å²) in [6.07, 6.45) is 1.44. The smallest absolute Gasteiger partial charge is 0.221 e. The number of hydrogen-bond donors (Lipinski definition) is 1. The van der Waals surface area contributed by atoms with Gasteiger partial charge in [-0.15, -0.1) is 0 Å². The molecule has 98 valence electrons. The number of nitrogens with zero attached hydrogens (tertiary/aromatic N) is 2. The molecule has 1 aliphatic rings. The van der Waals surface area contributed by atoms with Crippen LogP contribution in [-0.4, -0.2) is 61.4 Å². The lowest BCUT2D eigenvalue weighted by Gasteiger charge is -2.32. The third-order valence-electron chi connectivity index (χ3n) is 2.92. The average Bonchev–Trinajstić information content (AvgIpc) is 2.34. The van der Waals surface area contributed by atoms with Crippen molar-refractivity contribution in [1.29, 1.82) is 0 Å². The third kappa shape index (κ3) is 5.68. The largest absolute Gasteiger partial charge is 0.356 e. The van der Waals surface area contributed by atoms with Gasteiger partial charge in [0.1, 0.15) is 0 Å². The fraction of sp³-hybridized carbons (Fsp3) is 0.833. The van der Waals surface area contributed by atoms with Gasteiger partial charge < -0.3 is 10.2 Å². The maximum absolute atomic E-state index is 11.5. The van der Waals surface area contributed by atoms with Crippen LogP contribution < -0.4 is 5.32 Å². The Morgan fingerprint density at radius 2 is 1.94 bits per heavy atom. The summed E-state index contributed by atoms with van der Waals surface area (Å²) >= 11 is 0. The lowest BCUT2D eigenvalue weighted by Crippen LogP contribution is -2.46. The van der Waals surface area contributed by atoms with Crippen molar-refractivity contribution in [2.75, 3.05) is 39.3 Å². The summed E-state index contributed by atoms with van der Waals surface area (Å²) in [7, 11) is 0. The van der Waals surface area contributed by atoms with Crippen molar-refractivity contribution in [2.45, 2.75) is 20.3 Å². The van der Waals surface area contributed by atoms with Gasteiger partial charge in [-0.1, -0.05) is 13.8 Å². The molecule has 5 heteroatoms. The summed E-state index contributed by atoms with van der Waals surface area (Å²) in [6.45, 7) is 8.99. The molecule has 0 atom stereocenters. The highest BCUT2D eigenvalue weighted by Gasteiger charge is 2.15. The van der Waals surface area contributed by atoms with Gasteiger partial charge in [0.15, 0.2) is 0 Å². The Labute approximate surface area is 103 Å². The van der Waals surface area contributed by atoms with Crippen molar-refractivity contribution >= 4 is 12.3 Å². The van der Waals surface area contributed by atoms with E-state index in [2.05, 4.69) is 24.1 Å². The fourth-order valence-corrected chi connectivity index (χ4v) is 1.76. The topological polar surface area (TPSA) is 52.7 Å². The molecule has 0 unspecified atom stereocenters. The molecule has 0 spiro atoms. The number of carbonyl (C=O) groups excluding carboxylic acids is 2. The molecule has 5 nitrogen and oxygen atoms in total. The second-order valence-corrected chi connectivity index (χ2v) is 4.93. The summed E-state index contributed by atoms with van der Waals surface area (Å²) in [4.78, 5) is 26.0. The lowest BCUT2D eigenvalue weighted by molar-refractivity contribution is -0.123. The molecule has 0 radical (unpaired) electrons. The van der Waals surface area contributed by atoms with Gasteiger partial charge in [-0.25, -0.2) is 0 Å². The minimum Gasteiger partial charge on any atom is -0.356 e. The van der Waals surface area contributed by atoms with E-state index in [1.807, 2.05) is 0 Å². The van der Waals surface area contributed by atoms with Crippen LogP contribution in [0.1, 0.15) is 20.3 Å². The van der Waals surface area contributed by atoms with Crippen molar-refractivity contribution < 1.29 is 9.59 Å². The van der Waals surface area contributed by atoms with Gasteiger partial charge in [-0.2, -0.15) is 0 Å². The predicted octanol–water partition coefficient (Wildman–Crippen LogP) is -0.0773. The van der Waals surface area contributed by atoms with E-state index in [1.54, 1.807) is 4.90 Å². The summed E-state index contributed by atoms with van der Waals surface area (Å²) in [5, 5.41) is 2.91. The summed E-state index contributed by atoms with van der Waals surface area (Å²) in [6, 6.07) is 0. The van der Waals surface area contributed by atoms with Gasteiger partial charge in [0.05, 0.1) is 0 Å². The standard InChI is InChI=1S/C12H23N3O2/c1-11(2)9-13-12(17)3-4-14-5-7-15(10-16)8-6-14/h10-11H,3-9H2,1-2H3,(H,13,17). The first-order chi connectivity index (χ1) is 8.11. The third-order valence-corrected chi connectivity index (χ3v) is 2.92. The first kappa shape index (κ1) is 14.0. The first-order valence-corrected chi connectivity index (χ1v) is 6.30. The van der Waals surface area contributed by atoms with E-state index in [-0.39, 0.29) is 5.91 Å². The van der Waals surface area contributed by atoms with Crippen molar-refractivity contribution in [2.24, 2.45) is 5.92 Å². The second kappa shape index (κ2) is 7.27. The molecular weight excluding hydrogens is 218 g/mol. The molecule has 17 heavy (non-hydrogen) atoms. The molecule has 1 heterocycles. The Morgan fingerprint density at radius 3 is 2.47 bits per heavy atom. The van der Waals surface area contributed by atoms with Gasteiger partial charge in [-0.05, 0) is 5.92 Å². The molecule has 1 aliphatic heterocycles. The van der Waals surface area contributed by atoms with Crippen LogP contribution in [-0.2, 0) is 9.59 Å². The number of hydrogen-bond acceptors (Lipinski definition) is 3. The highest BCUT2D eigenvalue weighted by molar-refractivity contribution is 5.76. The number of nitrogens with one attached hydrogen (secondary N) is 1. The maximum atomic E-state index is 11.5. The van der Waals surface area contributed by atoms with Crippen molar-refractivity contribution in [1.82, 2.24) is 15.1 Å². The van der Waals surface area contributed by atoms with Crippen LogP contribution in [0.25, 0.3) is 0 Å². The Hall–Kier alpha value is -1.10. The number of carbonyl (C=O) groups is 2. The Morgan fingerprint density at radius 1 is 1.29 bits per heavy atom. The zero-order valence-electron chi connectivity index (χ0n) is 10.8. The molecular formula is C12H23N3O2. The first-order valence-electron chi connectivity index (χ1n) is 6.30. The van der Waals surface area contributed by atoms with Crippen LogP contribution in [0.3, 0.4) is 0 Å². The molecule has 1 fully saturated rings. The lowest BCUT2D eigenvalue weighted by atomic mass is 10.2. The number of amides is 2. The fourth-order valence-electron chi connectivity index (χ4n) is 1.76. The molecule has 0 aliphatic carbocycles. The monoisotopic (exact) mass is 241 g/mol. The van der Waals surface area contributed by atoms with E-state index in [9.17, 15) is 9.59 Å². The molecule has 1 saturated heterocycles. The SMILES string of the molecule is CC(C)CNC(=O)CCN1CCN(C=O)CC1. The van der Waals surface area contributed by atoms with Crippen LogP contribution in [0, 0.1) is 5.92 Å². The van der Waals surface area contributed by atoms with Gasteiger partial charge in [0.25, 0.3) is 0 Å². The molecule has 0 aromatic carbocycles. The highest BCUT2D eigenvalue weighted by Crippen LogP contribution is 2.00. The Bertz CT molecular complexity index is 248. The van der Waals surface area contributed by atoms with E-state index < -0.39 is 0 Å². The maximum Gasteiger partial charge on any atom is 0.221 e. The Balaban J connectivity index is 2.10. The average molecular weight is 241 g/mol. The molecule has 0 aromatic rings. The molecule has 0 bridgehead atoms. The molecule has 1 N–H and O–H groups in total. The zero-order chi connectivity index (χ0) is 12.7. The zero-order valence-corrected chi connectivity index (χ0v) is 10.8. The summed E-state index contributed by atoms with van der Waals surface area (Å²) in [5.74, 6) is 0.617. The second-order valence-electron chi connectivity index (χ2n) is 4.93.